The molecule has 2 aliphatic rings. The zero-order valence-electron chi connectivity index (χ0n) is 14.8. The number of imidazole rings is 1. The number of carbonyl (C=O) groups excluding carboxylic acids is 4. The highest BCUT2D eigenvalue weighted by molar-refractivity contribution is 6.45. The summed E-state index contributed by atoms with van der Waals surface area (Å²) in [6.07, 6.45) is 4.78. The van der Waals surface area contributed by atoms with Crippen molar-refractivity contribution < 1.29 is 19.2 Å². The molecule has 5 amide bonds. The van der Waals surface area contributed by atoms with Gasteiger partial charge >= 0.3 is 17.8 Å². The number of halogens is 1. The van der Waals surface area contributed by atoms with Crippen LogP contribution in [0.2, 0.25) is 0 Å². The highest BCUT2D eigenvalue weighted by Crippen LogP contribution is 2.21. The molecule has 3 rings (SSSR count). The minimum absolute atomic E-state index is 0. The zero-order valence-corrected chi connectivity index (χ0v) is 15.6. The van der Waals surface area contributed by atoms with Crippen LogP contribution in [0.4, 0.5) is 4.79 Å². The van der Waals surface area contributed by atoms with Crippen molar-refractivity contribution in [1.82, 2.24) is 29.6 Å². The lowest BCUT2D eigenvalue weighted by Gasteiger charge is -2.36. The first-order chi connectivity index (χ1) is 12.5. The van der Waals surface area contributed by atoms with Crippen LogP contribution in [0.15, 0.2) is 25.0 Å². The Labute approximate surface area is 162 Å². The summed E-state index contributed by atoms with van der Waals surface area (Å²) in [6, 6.07) is -1.11. The SMILES string of the molecule is C=CCN1C(=O)C(=O)N(CC(=O)N2CCNCC2c2nccn2C)C1=O.Cl. The summed E-state index contributed by atoms with van der Waals surface area (Å²) < 4.78 is 1.82. The van der Waals surface area contributed by atoms with Crippen LogP contribution in [0.3, 0.4) is 0 Å². The number of carbonyl (C=O) groups is 4. The van der Waals surface area contributed by atoms with Gasteiger partial charge in [0.1, 0.15) is 18.4 Å². The molecule has 0 bridgehead atoms. The van der Waals surface area contributed by atoms with E-state index in [0.717, 1.165) is 4.90 Å². The molecular weight excluding hydrogens is 376 g/mol. The normalized spacial score (nSPS) is 20.1. The molecule has 146 valence electrons. The van der Waals surface area contributed by atoms with Gasteiger partial charge in [-0.15, -0.1) is 19.0 Å². The first-order valence-electron chi connectivity index (χ1n) is 8.21. The van der Waals surface area contributed by atoms with Gasteiger partial charge in [-0.05, 0) is 0 Å². The fourth-order valence-corrected chi connectivity index (χ4v) is 3.14. The maximum atomic E-state index is 12.8. The summed E-state index contributed by atoms with van der Waals surface area (Å²) in [7, 11) is 1.83. The fraction of sp³-hybridized carbons (Fsp3) is 0.438. The van der Waals surface area contributed by atoms with Crippen molar-refractivity contribution in [2.45, 2.75) is 6.04 Å². The number of urea groups is 1. The number of imide groups is 2. The molecule has 3 heterocycles. The Morgan fingerprint density at radius 3 is 2.67 bits per heavy atom. The number of amides is 5. The number of aromatic nitrogens is 2. The topological polar surface area (TPSA) is 108 Å². The monoisotopic (exact) mass is 396 g/mol. The predicted octanol–water partition coefficient (Wildman–Crippen LogP) is -0.708. The fourth-order valence-electron chi connectivity index (χ4n) is 3.14. The van der Waals surface area contributed by atoms with Crippen molar-refractivity contribution in [1.29, 1.82) is 0 Å². The predicted molar refractivity (Wildman–Crippen MR) is 96.8 cm³/mol. The average Bonchev–Trinajstić information content (AvgIpc) is 3.15. The molecule has 0 saturated carbocycles. The summed E-state index contributed by atoms with van der Waals surface area (Å²) in [5, 5.41) is 3.21. The van der Waals surface area contributed by atoms with Gasteiger partial charge in [-0.1, -0.05) is 6.08 Å². The smallest absolute Gasteiger partial charge is 0.335 e. The van der Waals surface area contributed by atoms with E-state index in [1.54, 1.807) is 17.3 Å². The molecule has 1 atom stereocenters. The number of nitrogens with one attached hydrogen (secondary N) is 1. The van der Waals surface area contributed by atoms with Gasteiger partial charge in [0.2, 0.25) is 5.91 Å². The Hall–Kier alpha value is -2.72. The minimum Gasteiger partial charge on any atom is -0.336 e. The first kappa shape index (κ1) is 20.6. The molecule has 27 heavy (non-hydrogen) atoms. The summed E-state index contributed by atoms with van der Waals surface area (Å²) in [5.74, 6) is -1.64. The van der Waals surface area contributed by atoms with Gasteiger partial charge < -0.3 is 14.8 Å². The van der Waals surface area contributed by atoms with Gasteiger partial charge in [-0.2, -0.15) is 0 Å². The maximum absolute atomic E-state index is 12.8. The van der Waals surface area contributed by atoms with Crippen molar-refractivity contribution in [2.75, 3.05) is 32.7 Å². The van der Waals surface area contributed by atoms with E-state index < -0.39 is 30.3 Å². The van der Waals surface area contributed by atoms with E-state index in [0.29, 0.717) is 30.4 Å². The Kier molecular flexibility index (Phi) is 6.34. The van der Waals surface area contributed by atoms with Crippen LogP contribution in [0.5, 0.6) is 0 Å². The highest BCUT2D eigenvalue weighted by Gasteiger charge is 2.45. The molecule has 1 aromatic rings. The Morgan fingerprint density at radius 2 is 2.04 bits per heavy atom. The molecular formula is C16H21ClN6O4. The third-order valence-corrected chi connectivity index (χ3v) is 4.46. The second-order valence-electron chi connectivity index (χ2n) is 6.08. The van der Waals surface area contributed by atoms with E-state index in [1.807, 2.05) is 11.6 Å². The first-order valence-corrected chi connectivity index (χ1v) is 8.21. The standard InChI is InChI=1S/C16H20N6O4.ClH/c1-3-6-21-14(24)15(25)22(16(21)26)10-12(23)20-8-4-17-9-11(20)13-18-5-7-19(13)2;/h3,5,7,11,17H,1,4,6,8-10H2,2H3;1H. The van der Waals surface area contributed by atoms with Gasteiger partial charge in [0.05, 0.1) is 0 Å². The molecule has 0 aliphatic carbocycles. The van der Waals surface area contributed by atoms with Crippen LogP contribution >= 0.6 is 12.4 Å². The number of piperazine rings is 1. The van der Waals surface area contributed by atoms with Gasteiger partial charge in [0.15, 0.2) is 0 Å². The second kappa shape index (κ2) is 8.31. The third-order valence-electron chi connectivity index (χ3n) is 4.46. The van der Waals surface area contributed by atoms with Crippen molar-refractivity contribution >= 4 is 36.2 Å². The maximum Gasteiger partial charge on any atom is 0.335 e. The number of aryl methyl sites for hydroxylation is 1. The van der Waals surface area contributed by atoms with Crippen molar-refractivity contribution in [3.8, 4) is 0 Å². The van der Waals surface area contributed by atoms with Crippen LogP contribution in [0, 0.1) is 0 Å². The quantitative estimate of drug-likeness (QED) is 0.400. The number of nitrogens with zero attached hydrogens (tertiary/aromatic N) is 5. The summed E-state index contributed by atoms with van der Waals surface area (Å²) >= 11 is 0. The molecule has 2 saturated heterocycles. The van der Waals surface area contributed by atoms with Crippen LogP contribution in [0.1, 0.15) is 11.9 Å². The van der Waals surface area contributed by atoms with Crippen LogP contribution < -0.4 is 5.32 Å². The molecule has 0 radical (unpaired) electrons. The molecule has 1 unspecified atom stereocenters. The van der Waals surface area contributed by atoms with Crippen molar-refractivity contribution in [3.63, 3.8) is 0 Å². The summed E-state index contributed by atoms with van der Waals surface area (Å²) in [4.78, 5) is 56.3. The number of rotatable bonds is 5. The number of hydrogen-bond donors (Lipinski definition) is 1. The summed E-state index contributed by atoms with van der Waals surface area (Å²) in [6.45, 7) is 4.43. The molecule has 1 N–H and O–H groups in total. The minimum atomic E-state index is -0.992. The lowest BCUT2D eigenvalue weighted by Crippen LogP contribution is -2.52. The zero-order chi connectivity index (χ0) is 18.8. The molecule has 2 fully saturated rings. The largest absolute Gasteiger partial charge is 0.336 e. The third kappa shape index (κ3) is 3.71. The summed E-state index contributed by atoms with van der Waals surface area (Å²) in [5.41, 5.74) is 0. The second-order valence-corrected chi connectivity index (χ2v) is 6.08. The van der Waals surface area contributed by atoms with Gasteiger partial charge in [0.25, 0.3) is 0 Å². The van der Waals surface area contributed by atoms with Crippen molar-refractivity contribution in [3.05, 3.63) is 30.9 Å². The highest BCUT2D eigenvalue weighted by atomic mass is 35.5. The Morgan fingerprint density at radius 1 is 1.33 bits per heavy atom. The molecule has 0 aromatic carbocycles. The molecule has 1 aromatic heterocycles. The Balaban J connectivity index is 0.00000261. The van der Waals surface area contributed by atoms with E-state index >= 15 is 0 Å². The molecule has 2 aliphatic heterocycles. The lowest BCUT2D eigenvalue weighted by molar-refractivity contribution is -0.145. The van der Waals surface area contributed by atoms with Gasteiger partial charge in [-0.25, -0.2) is 14.7 Å². The van der Waals surface area contributed by atoms with E-state index in [9.17, 15) is 19.2 Å². The van der Waals surface area contributed by atoms with E-state index in [1.165, 1.54) is 6.08 Å². The van der Waals surface area contributed by atoms with Gasteiger partial charge in [-0.3, -0.25) is 19.3 Å². The Bertz CT molecular complexity index is 779. The van der Waals surface area contributed by atoms with E-state index in [2.05, 4.69) is 16.9 Å². The van der Waals surface area contributed by atoms with Crippen LogP contribution in [-0.2, 0) is 21.4 Å². The van der Waals surface area contributed by atoms with Crippen LogP contribution in [-0.4, -0.2) is 80.7 Å². The average molecular weight is 397 g/mol. The lowest BCUT2D eigenvalue weighted by atomic mass is 10.1. The molecule has 0 spiro atoms. The van der Waals surface area contributed by atoms with Crippen molar-refractivity contribution in [2.24, 2.45) is 7.05 Å². The molecule has 11 heteroatoms. The number of hydrogen-bond acceptors (Lipinski definition) is 6. The van der Waals surface area contributed by atoms with Gasteiger partial charge in [0, 0.05) is 45.6 Å². The van der Waals surface area contributed by atoms with E-state index in [4.69, 9.17) is 0 Å². The van der Waals surface area contributed by atoms with E-state index in [-0.39, 0.29) is 25.0 Å². The molecule has 10 nitrogen and oxygen atoms in total. The van der Waals surface area contributed by atoms with Crippen LogP contribution in [0.25, 0.3) is 0 Å².